The topological polar surface area (TPSA) is 16.4 Å². The van der Waals surface area contributed by atoms with Crippen molar-refractivity contribution in [2.75, 3.05) is 13.1 Å². The van der Waals surface area contributed by atoms with E-state index in [1.807, 2.05) is 12.1 Å². The van der Waals surface area contributed by atoms with Crippen molar-refractivity contribution in [3.8, 4) is 0 Å². The van der Waals surface area contributed by atoms with Crippen LogP contribution in [0.4, 0.5) is 4.39 Å². The molecule has 0 spiro atoms. The summed E-state index contributed by atoms with van der Waals surface area (Å²) in [6.07, 6.45) is 2.55. The second-order valence-electron chi connectivity index (χ2n) is 6.50. The monoisotopic (exact) mass is 321 g/mol. The number of furan rings is 1. The Morgan fingerprint density at radius 2 is 1.96 bits per heavy atom. The van der Waals surface area contributed by atoms with E-state index in [0.717, 1.165) is 42.6 Å². The lowest BCUT2D eigenvalue weighted by Gasteiger charge is -2.30. The van der Waals surface area contributed by atoms with Crippen LogP contribution in [0.5, 0.6) is 0 Å². The molecule has 2 aromatic carbocycles. The minimum absolute atomic E-state index is 0.203. The van der Waals surface area contributed by atoms with Gasteiger partial charge < -0.3 is 4.42 Å². The molecule has 2 nitrogen and oxygen atoms in total. The minimum atomic E-state index is -0.203. The van der Waals surface area contributed by atoms with Gasteiger partial charge in [0.25, 0.3) is 0 Å². The normalized spacial score (nSPS) is 16.1. The fourth-order valence-corrected chi connectivity index (χ4v) is 3.60. The summed E-state index contributed by atoms with van der Waals surface area (Å²) in [6.45, 7) is 4.97. The largest absolute Gasteiger partial charge is 0.464 e. The van der Waals surface area contributed by atoms with Crippen LogP contribution >= 0.6 is 0 Å². The van der Waals surface area contributed by atoms with Gasteiger partial charge in [-0.2, -0.15) is 0 Å². The summed E-state index contributed by atoms with van der Waals surface area (Å²) in [6, 6.07) is 15.5. The Morgan fingerprint density at radius 1 is 1.12 bits per heavy atom. The second kappa shape index (κ2) is 6.25. The Balaban J connectivity index is 1.62. The van der Waals surface area contributed by atoms with E-state index in [0.29, 0.717) is 0 Å². The van der Waals surface area contributed by atoms with Gasteiger partial charge in [-0.25, -0.2) is 4.39 Å². The molecule has 0 bridgehead atoms. The van der Waals surface area contributed by atoms with Gasteiger partial charge >= 0.3 is 0 Å². The van der Waals surface area contributed by atoms with Crippen LogP contribution < -0.4 is 0 Å². The average molecular weight is 321 g/mol. The minimum Gasteiger partial charge on any atom is -0.464 e. The third-order valence-electron chi connectivity index (χ3n) is 4.74. The van der Waals surface area contributed by atoms with Crippen molar-refractivity contribution in [1.82, 2.24) is 4.90 Å². The van der Waals surface area contributed by atoms with E-state index >= 15 is 0 Å². The molecule has 0 fully saturated rings. The maximum absolute atomic E-state index is 13.9. The van der Waals surface area contributed by atoms with E-state index in [1.165, 1.54) is 22.8 Å². The summed E-state index contributed by atoms with van der Waals surface area (Å²) >= 11 is 0. The van der Waals surface area contributed by atoms with Gasteiger partial charge in [-0.1, -0.05) is 35.9 Å². The molecule has 0 saturated carbocycles. The standard InChI is InChI=1S/C21H20FNO/c1-15-13-23(14-16-5-3-2-4-6-16)9-7-19(15)20-12-18(22)11-17-8-10-24-21(17)20/h2-6,8,10-12H,7,9,13-14H2,1H3. The molecule has 3 aromatic rings. The first-order valence-electron chi connectivity index (χ1n) is 8.33. The lowest BCUT2D eigenvalue weighted by molar-refractivity contribution is 0.286. The highest BCUT2D eigenvalue weighted by atomic mass is 19.1. The van der Waals surface area contributed by atoms with Crippen LogP contribution in [0.25, 0.3) is 16.5 Å². The Hall–Kier alpha value is -2.39. The number of hydrogen-bond acceptors (Lipinski definition) is 2. The molecule has 24 heavy (non-hydrogen) atoms. The van der Waals surface area contributed by atoms with Crippen LogP contribution in [-0.2, 0) is 6.54 Å². The van der Waals surface area contributed by atoms with Gasteiger partial charge in [-0.15, -0.1) is 0 Å². The van der Waals surface area contributed by atoms with Crippen molar-refractivity contribution < 1.29 is 8.81 Å². The Bertz CT molecular complexity index is 895. The van der Waals surface area contributed by atoms with Crippen LogP contribution in [0.15, 0.2) is 64.8 Å². The molecule has 4 rings (SSSR count). The quantitative estimate of drug-likeness (QED) is 0.655. The lowest BCUT2D eigenvalue weighted by atomic mass is 9.93. The van der Waals surface area contributed by atoms with Gasteiger partial charge in [-0.05, 0) is 42.7 Å². The zero-order chi connectivity index (χ0) is 16.5. The summed E-state index contributed by atoms with van der Waals surface area (Å²) in [5, 5.41) is 0.831. The van der Waals surface area contributed by atoms with E-state index in [-0.39, 0.29) is 5.82 Å². The van der Waals surface area contributed by atoms with Crippen molar-refractivity contribution in [2.45, 2.75) is 19.9 Å². The van der Waals surface area contributed by atoms with Gasteiger partial charge in [0.05, 0.1) is 6.26 Å². The molecule has 0 atom stereocenters. The molecule has 0 radical (unpaired) electrons. The van der Waals surface area contributed by atoms with E-state index in [1.54, 1.807) is 12.3 Å². The highest BCUT2D eigenvalue weighted by Crippen LogP contribution is 2.34. The van der Waals surface area contributed by atoms with E-state index < -0.39 is 0 Å². The molecule has 1 aromatic heterocycles. The fraction of sp³-hybridized carbons (Fsp3) is 0.238. The molecule has 0 amide bonds. The van der Waals surface area contributed by atoms with Crippen LogP contribution in [0.3, 0.4) is 0 Å². The number of rotatable bonds is 3. The number of hydrogen-bond donors (Lipinski definition) is 0. The van der Waals surface area contributed by atoms with E-state index in [2.05, 4.69) is 36.1 Å². The SMILES string of the molecule is CC1=C(c2cc(F)cc3ccoc23)CCN(Cc2ccccc2)C1. The molecule has 0 saturated heterocycles. The Kier molecular flexibility index (Phi) is 3.95. The van der Waals surface area contributed by atoms with Crippen LogP contribution in [-0.4, -0.2) is 18.0 Å². The van der Waals surface area contributed by atoms with Crippen molar-refractivity contribution in [3.63, 3.8) is 0 Å². The summed E-state index contributed by atoms with van der Waals surface area (Å²) in [5.41, 5.74) is 5.54. The maximum atomic E-state index is 13.9. The molecule has 0 aliphatic carbocycles. The third kappa shape index (κ3) is 2.87. The summed E-state index contributed by atoms with van der Waals surface area (Å²) in [7, 11) is 0. The summed E-state index contributed by atoms with van der Waals surface area (Å²) in [5.74, 6) is -0.203. The smallest absolute Gasteiger partial charge is 0.141 e. The molecule has 1 aliphatic rings. The van der Waals surface area contributed by atoms with Crippen molar-refractivity contribution in [2.24, 2.45) is 0 Å². The molecular formula is C21H20FNO. The first-order valence-corrected chi connectivity index (χ1v) is 8.33. The maximum Gasteiger partial charge on any atom is 0.141 e. The van der Waals surface area contributed by atoms with Crippen LogP contribution in [0.1, 0.15) is 24.5 Å². The van der Waals surface area contributed by atoms with Gasteiger partial charge in [0.15, 0.2) is 0 Å². The Morgan fingerprint density at radius 3 is 2.75 bits per heavy atom. The molecular weight excluding hydrogens is 301 g/mol. The van der Waals surface area contributed by atoms with E-state index in [9.17, 15) is 4.39 Å². The van der Waals surface area contributed by atoms with Gasteiger partial charge in [0, 0.05) is 30.6 Å². The molecule has 0 N–H and O–H groups in total. The van der Waals surface area contributed by atoms with Crippen LogP contribution in [0, 0.1) is 5.82 Å². The fourth-order valence-electron chi connectivity index (χ4n) is 3.60. The number of fused-ring (bicyclic) bond motifs is 1. The number of nitrogens with zero attached hydrogens (tertiary/aromatic N) is 1. The number of benzene rings is 2. The molecule has 122 valence electrons. The Labute approximate surface area is 141 Å². The first kappa shape index (κ1) is 15.2. The first-order chi connectivity index (χ1) is 11.7. The zero-order valence-corrected chi connectivity index (χ0v) is 13.8. The lowest BCUT2D eigenvalue weighted by Crippen LogP contribution is -2.30. The summed E-state index contributed by atoms with van der Waals surface area (Å²) < 4.78 is 19.6. The molecule has 2 heterocycles. The number of halogens is 1. The third-order valence-corrected chi connectivity index (χ3v) is 4.74. The van der Waals surface area contributed by atoms with Crippen molar-refractivity contribution in [3.05, 3.63) is 77.3 Å². The predicted molar refractivity (Wildman–Crippen MR) is 95.1 cm³/mol. The van der Waals surface area contributed by atoms with Gasteiger partial charge in [0.2, 0.25) is 0 Å². The van der Waals surface area contributed by atoms with Gasteiger partial charge in [0.1, 0.15) is 11.4 Å². The van der Waals surface area contributed by atoms with Crippen molar-refractivity contribution in [1.29, 1.82) is 0 Å². The van der Waals surface area contributed by atoms with E-state index in [4.69, 9.17) is 4.42 Å². The summed E-state index contributed by atoms with van der Waals surface area (Å²) in [4.78, 5) is 2.44. The van der Waals surface area contributed by atoms with Gasteiger partial charge in [-0.3, -0.25) is 4.90 Å². The predicted octanol–water partition coefficient (Wildman–Crippen LogP) is 5.25. The highest BCUT2D eigenvalue weighted by molar-refractivity contribution is 5.90. The average Bonchev–Trinajstić information content (AvgIpc) is 3.03. The molecule has 0 unspecified atom stereocenters. The second-order valence-corrected chi connectivity index (χ2v) is 6.50. The molecule has 1 aliphatic heterocycles. The van der Waals surface area contributed by atoms with Crippen molar-refractivity contribution >= 4 is 16.5 Å². The van der Waals surface area contributed by atoms with Crippen LogP contribution in [0.2, 0.25) is 0 Å². The highest BCUT2D eigenvalue weighted by Gasteiger charge is 2.20. The molecule has 3 heteroatoms. The zero-order valence-electron chi connectivity index (χ0n) is 13.8.